The van der Waals surface area contributed by atoms with Gasteiger partial charge in [0.1, 0.15) is 0 Å². The molecule has 0 bridgehead atoms. The first-order valence-electron chi connectivity index (χ1n) is 22.5. The van der Waals surface area contributed by atoms with Crippen LogP contribution in [0.4, 0.5) is 34.1 Å². The Kier molecular flexibility index (Phi) is 9.12. The van der Waals surface area contributed by atoms with Gasteiger partial charge in [-0.05, 0) is 126 Å². The number of anilines is 6. The number of hydrogen-bond acceptors (Lipinski definition) is 3. The molecule has 7 aromatic carbocycles. The van der Waals surface area contributed by atoms with Crippen LogP contribution in [-0.2, 0) is 21.7 Å². The number of hydrogen-bond donors (Lipinski definition) is 0. The van der Waals surface area contributed by atoms with Gasteiger partial charge in [0.25, 0.3) is 6.71 Å². The largest absolute Gasteiger partial charge is 0.311 e. The molecule has 8 aromatic rings. The molecule has 0 unspecified atom stereocenters. The summed E-state index contributed by atoms with van der Waals surface area (Å²) in [5.41, 5.74) is 19.3. The minimum Gasteiger partial charge on any atom is -0.311 e. The molecule has 0 atom stereocenters. The minimum atomic E-state index is -0.103. The maximum atomic E-state index is 2.61. The zero-order valence-corrected chi connectivity index (χ0v) is 39.5. The summed E-state index contributed by atoms with van der Waals surface area (Å²) in [5.74, 6) is 0. The van der Waals surface area contributed by atoms with Crippen LogP contribution in [0.15, 0.2) is 140 Å². The molecule has 0 radical (unpaired) electrons. The molecule has 0 saturated heterocycles. The predicted octanol–water partition coefficient (Wildman–Crippen LogP) is 15.0. The molecule has 0 fully saturated rings. The highest BCUT2D eigenvalue weighted by atomic mass is 32.1. The predicted molar refractivity (Wildman–Crippen MR) is 274 cm³/mol. The molecule has 0 amide bonds. The van der Waals surface area contributed by atoms with E-state index < -0.39 is 0 Å². The first-order valence-corrected chi connectivity index (χ1v) is 23.3. The number of nitrogens with zero attached hydrogens (tertiary/aromatic N) is 2. The monoisotopic (exact) mass is 826 g/mol. The van der Waals surface area contributed by atoms with Gasteiger partial charge in [-0.15, -0.1) is 11.3 Å². The second-order valence-corrected chi connectivity index (χ2v) is 23.0. The summed E-state index contributed by atoms with van der Waals surface area (Å²) in [6, 6.07) is 54.1. The van der Waals surface area contributed by atoms with Crippen LogP contribution in [0.3, 0.4) is 0 Å². The third-order valence-electron chi connectivity index (χ3n) is 13.5. The molecule has 4 heteroatoms. The van der Waals surface area contributed by atoms with Crippen LogP contribution in [0.5, 0.6) is 0 Å². The van der Waals surface area contributed by atoms with Crippen molar-refractivity contribution in [2.45, 2.75) is 105 Å². The zero-order chi connectivity index (χ0) is 43.7. The second kappa shape index (κ2) is 14.0. The molecule has 310 valence electrons. The van der Waals surface area contributed by atoms with E-state index in [1.165, 1.54) is 104 Å². The lowest BCUT2D eigenvalue weighted by molar-refractivity contribution is 0.589. The Morgan fingerprint density at radius 3 is 1.48 bits per heavy atom. The standard InChI is InChI=1S/C58H59BN2S/c1-55(2,3)37-23-27-41(28-24-37)60-48-32-38(56(4,5)6)25-29-46(48)59-47-30-26-39(57(7,8)9)33-49(47)61(51-35-40(58(10,11)12)34-50(60)53(51)59)42-18-15-17-36(31-42)43-20-16-21-45-44-19-13-14-22-52(44)62-54(43)45/h13-35H,1-12H3. The van der Waals surface area contributed by atoms with Gasteiger partial charge < -0.3 is 9.80 Å². The summed E-state index contributed by atoms with van der Waals surface area (Å²) in [5, 5.41) is 2.65. The fraction of sp³-hybridized carbons (Fsp3) is 0.276. The summed E-state index contributed by atoms with van der Waals surface area (Å²) in [6.45, 7) is 28.1. The van der Waals surface area contributed by atoms with Crippen molar-refractivity contribution in [2.24, 2.45) is 0 Å². The van der Waals surface area contributed by atoms with Crippen molar-refractivity contribution >= 4 is 88.7 Å². The van der Waals surface area contributed by atoms with Gasteiger partial charge in [-0.1, -0.05) is 168 Å². The van der Waals surface area contributed by atoms with Crippen molar-refractivity contribution in [1.29, 1.82) is 0 Å². The summed E-state index contributed by atoms with van der Waals surface area (Å²) >= 11 is 1.90. The smallest absolute Gasteiger partial charge is 0.252 e. The highest BCUT2D eigenvalue weighted by molar-refractivity contribution is 7.26. The molecule has 1 aromatic heterocycles. The fourth-order valence-corrected chi connectivity index (χ4v) is 11.0. The van der Waals surface area contributed by atoms with Crippen molar-refractivity contribution in [3.8, 4) is 11.1 Å². The van der Waals surface area contributed by atoms with Crippen molar-refractivity contribution in [3.05, 3.63) is 162 Å². The molecule has 2 nitrogen and oxygen atoms in total. The molecule has 10 rings (SSSR count). The molecule has 2 aliphatic heterocycles. The lowest BCUT2D eigenvalue weighted by atomic mass is 9.33. The average molecular weight is 827 g/mol. The van der Waals surface area contributed by atoms with E-state index in [1.54, 1.807) is 0 Å². The normalized spacial score (nSPS) is 14.0. The van der Waals surface area contributed by atoms with Gasteiger partial charge in [-0.3, -0.25) is 0 Å². The van der Waals surface area contributed by atoms with E-state index in [4.69, 9.17) is 0 Å². The molecule has 0 saturated carbocycles. The highest BCUT2D eigenvalue weighted by Gasteiger charge is 2.45. The van der Waals surface area contributed by atoms with E-state index >= 15 is 0 Å². The van der Waals surface area contributed by atoms with Crippen LogP contribution in [-0.4, -0.2) is 6.71 Å². The van der Waals surface area contributed by atoms with Crippen LogP contribution < -0.4 is 26.2 Å². The summed E-state index contributed by atoms with van der Waals surface area (Å²) in [7, 11) is 0. The molecule has 2 aliphatic rings. The Hall–Kier alpha value is -5.58. The zero-order valence-electron chi connectivity index (χ0n) is 38.7. The van der Waals surface area contributed by atoms with Crippen molar-refractivity contribution in [1.82, 2.24) is 0 Å². The molecular weight excluding hydrogens is 768 g/mol. The van der Waals surface area contributed by atoms with E-state index in [0.717, 1.165) is 0 Å². The van der Waals surface area contributed by atoms with E-state index in [9.17, 15) is 0 Å². The van der Waals surface area contributed by atoms with Crippen molar-refractivity contribution < 1.29 is 0 Å². The molecule has 0 spiro atoms. The molecule has 0 aliphatic carbocycles. The van der Waals surface area contributed by atoms with E-state index in [0.29, 0.717) is 0 Å². The third kappa shape index (κ3) is 6.60. The summed E-state index contributed by atoms with van der Waals surface area (Å²) < 4.78 is 2.67. The molecule has 3 heterocycles. The number of fused-ring (bicyclic) bond motifs is 7. The van der Waals surface area contributed by atoms with Gasteiger partial charge in [-0.25, -0.2) is 0 Å². The third-order valence-corrected chi connectivity index (χ3v) is 14.7. The van der Waals surface area contributed by atoms with Gasteiger partial charge in [0.15, 0.2) is 0 Å². The summed E-state index contributed by atoms with van der Waals surface area (Å²) in [6.07, 6.45) is 0. The lowest BCUT2D eigenvalue weighted by Crippen LogP contribution is -2.61. The highest BCUT2D eigenvalue weighted by Crippen LogP contribution is 2.48. The van der Waals surface area contributed by atoms with E-state index in [1.807, 2.05) is 11.3 Å². The first-order chi connectivity index (χ1) is 29.3. The number of rotatable bonds is 3. The van der Waals surface area contributed by atoms with Gasteiger partial charge in [0.2, 0.25) is 0 Å². The van der Waals surface area contributed by atoms with Crippen LogP contribution in [0.2, 0.25) is 0 Å². The Labute approximate surface area is 374 Å². The topological polar surface area (TPSA) is 6.48 Å². The fourth-order valence-electron chi connectivity index (χ4n) is 9.81. The van der Waals surface area contributed by atoms with Crippen molar-refractivity contribution in [3.63, 3.8) is 0 Å². The summed E-state index contributed by atoms with van der Waals surface area (Å²) in [4.78, 5) is 5.20. The number of thiophene rings is 1. The van der Waals surface area contributed by atoms with Gasteiger partial charge >= 0.3 is 0 Å². The first kappa shape index (κ1) is 40.5. The molecule has 0 N–H and O–H groups in total. The number of benzene rings is 7. The second-order valence-electron chi connectivity index (χ2n) is 22.0. The SMILES string of the molecule is CC(C)(C)c1ccc(N2c3cc(C(C)(C)C)ccc3B3c4ccc(C(C)(C)C)cc4N(c4cccc(-c5cccc6c5sc5ccccc56)c4)c4cc(C(C)(C)C)cc2c43)cc1. The molecule has 62 heavy (non-hydrogen) atoms. The Bertz CT molecular complexity index is 3070. The van der Waals surface area contributed by atoms with Crippen LogP contribution in [0.25, 0.3) is 31.3 Å². The Morgan fingerprint density at radius 1 is 0.403 bits per heavy atom. The Balaban J connectivity index is 1.28. The molecular formula is C58H59BN2S. The van der Waals surface area contributed by atoms with Gasteiger partial charge in [0.05, 0.1) is 0 Å². The maximum absolute atomic E-state index is 2.61. The van der Waals surface area contributed by atoms with E-state index in [-0.39, 0.29) is 28.4 Å². The van der Waals surface area contributed by atoms with E-state index in [2.05, 4.69) is 232 Å². The van der Waals surface area contributed by atoms with Gasteiger partial charge in [0, 0.05) is 54.3 Å². The quantitative estimate of drug-likeness (QED) is 0.164. The average Bonchev–Trinajstić information content (AvgIpc) is 3.61. The maximum Gasteiger partial charge on any atom is 0.252 e. The lowest BCUT2D eigenvalue weighted by Gasteiger charge is -2.45. The van der Waals surface area contributed by atoms with Crippen molar-refractivity contribution in [2.75, 3.05) is 9.80 Å². The minimum absolute atomic E-state index is 0.0104. The Morgan fingerprint density at radius 2 is 0.903 bits per heavy atom. The van der Waals surface area contributed by atoms with Gasteiger partial charge in [-0.2, -0.15) is 0 Å². The van der Waals surface area contributed by atoms with Crippen LogP contribution in [0, 0.1) is 0 Å². The van der Waals surface area contributed by atoms with Crippen LogP contribution >= 0.6 is 11.3 Å². The van der Waals surface area contributed by atoms with Crippen LogP contribution in [0.1, 0.15) is 105 Å².